The van der Waals surface area contributed by atoms with Gasteiger partial charge >= 0.3 is 0 Å². The molecule has 0 spiro atoms. The van der Waals surface area contributed by atoms with Crippen LogP contribution in [0.5, 0.6) is 0 Å². The van der Waals surface area contributed by atoms with Crippen molar-refractivity contribution in [3.8, 4) is 0 Å². The molecule has 1 heterocycles. The maximum Gasteiger partial charge on any atom is 0.279 e. The molecule has 0 bridgehead atoms. The highest BCUT2D eigenvalue weighted by Gasteiger charge is 2.14. The van der Waals surface area contributed by atoms with Crippen LogP contribution in [-0.2, 0) is 0 Å². The van der Waals surface area contributed by atoms with E-state index in [9.17, 15) is 9.59 Å². The van der Waals surface area contributed by atoms with Crippen molar-refractivity contribution in [1.82, 2.24) is 10.9 Å². The first-order chi connectivity index (χ1) is 17.6. The van der Waals surface area contributed by atoms with Gasteiger partial charge in [-0.2, -0.15) is 0 Å². The zero-order valence-corrected chi connectivity index (χ0v) is 20.5. The maximum atomic E-state index is 12.2. The fraction of sp³-hybridized carbons (Fsp3) is 0.0345. The fourth-order valence-corrected chi connectivity index (χ4v) is 4.51. The van der Waals surface area contributed by atoms with Crippen molar-refractivity contribution >= 4 is 44.6 Å². The van der Waals surface area contributed by atoms with Crippen molar-refractivity contribution in [2.24, 2.45) is 0 Å². The van der Waals surface area contributed by atoms with Gasteiger partial charge < -0.3 is 0 Å². The molecule has 4 aromatic carbocycles. The van der Waals surface area contributed by atoms with E-state index >= 15 is 0 Å². The summed E-state index contributed by atoms with van der Waals surface area (Å²) in [6, 6.07) is 36.2. The normalized spacial score (nSPS) is 10.0. The van der Waals surface area contributed by atoms with Crippen LogP contribution in [-0.4, -0.2) is 11.8 Å². The summed E-state index contributed by atoms with van der Waals surface area (Å²) in [4.78, 5) is 24.6. The summed E-state index contributed by atoms with van der Waals surface area (Å²) in [5, 5.41) is 1.14. The second-order valence-corrected chi connectivity index (χ2v) is 8.86. The van der Waals surface area contributed by atoms with E-state index in [0.717, 1.165) is 31.9 Å². The zero-order valence-electron chi connectivity index (χ0n) is 19.7. The van der Waals surface area contributed by atoms with E-state index in [-0.39, 0.29) is 11.8 Å². The van der Waals surface area contributed by atoms with Crippen LogP contribution in [0.15, 0.2) is 115 Å². The lowest BCUT2D eigenvalue weighted by molar-refractivity contribution is 0.0956. The number of thiophene rings is 1. The van der Waals surface area contributed by atoms with Crippen LogP contribution in [0.2, 0.25) is 0 Å². The number of hydrazine groups is 2. The van der Waals surface area contributed by atoms with E-state index in [0.29, 0.717) is 5.56 Å². The Morgan fingerprint density at radius 2 is 1.06 bits per heavy atom. The number of nitrogens with one attached hydrogen (secondary N) is 4. The van der Waals surface area contributed by atoms with Gasteiger partial charge in [-0.15, -0.1) is 11.3 Å². The van der Waals surface area contributed by atoms with E-state index < -0.39 is 0 Å². The second-order valence-electron chi connectivity index (χ2n) is 7.81. The van der Waals surface area contributed by atoms with Crippen LogP contribution < -0.4 is 21.7 Å². The number of benzene rings is 4. The molecule has 0 unspecified atom stereocenters. The van der Waals surface area contributed by atoms with Crippen molar-refractivity contribution in [2.75, 3.05) is 10.9 Å². The minimum absolute atomic E-state index is 0.104. The second kappa shape index (κ2) is 12.2. The van der Waals surface area contributed by atoms with E-state index in [2.05, 4.69) is 21.7 Å². The Labute approximate surface area is 213 Å². The van der Waals surface area contributed by atoms with Crippen molar-refractivity contribution in [1.29, 1.82) is 0 Å². The third-order valence-electron chi connectivity index (χ3n) is 5.27. The number of para-hydroxylation sites is 2. The first kappa shape index (κ1) is 24.5. The third kappa shape index (κ3) is 6.49. The zero-order chi connectivity index (χ0) is 25.2. The van der Waals surface area contributed by atoms with Gasteiger partial charge in [0.2, 0.25) is 0 Å². The molecule has 0 aliphatic heterocycles. The molecule has 0 saturated heterocycles. The van der Waals surface area contributed by atoms with Crippen LogP contribution in [0.25, 0.3) is 10.1 Å². The fourth-order valence-electron chi connectivity index (χ4n) is 3.41. The molecule has 0 atom stereocenters. The average molecular weight is 495 g/mol. The SMILES string of the molecule is Cc1c(C(=O)NNc2ccccc2)sc2ccccc12.O=C(NNc1ccccc1)c1ccccc1. The molecule has 0 radical (unpaired) electrons. The minimum Gasteiger partial charge on any atom is -0.298 e. The third-order valence-corrected chi connectivity index (χ3v) is 6.55. The van der Waals surface area contributed by atoms with E-state index in [4.69, 9.17) is 0 Å². The summed E-state index contributed by atoms with van der Waals surface area (Å²) >= 11 is 1.52. The highest BCUT2D eigenvalue weighted by atomic mass is 32.1. The first-order valence-corrected chi connectivity index (χ1v) is 12.2. The molecule has 5 aromatic rings. The van der Waals surface area contributed by atoms with E-state index in [1.807, 2.05) is 110 Å². The summed E-state index contributed by atoms with van der Waals surface area (Å²) in [5.41, 5.74) is 14.5. The molecule has 5 rings (SSSR count). The number of carbonyl (C=O) groups excluding carboxylic acids is 2. The molecular formula is C29H26N4O2S. The number of rotatable bonds is 6. The van der Waals surface area contributed by atoms with Crippen LogP contribution in [0.3, 0.4) is 0 Å². The molecule has 4 N–H and O–H groups in total. The van der Waals surface area contributed by atoms with Gasteiger partial charge in [0.1, 0.15) is 0 Å². The topological polar surface area (TPSA) is 82.3 Å². The van der Waals surface area contributed by atoms with Crippen molar-refractivity contribution in [2.45, 2.75) is 6.92 Å². The van der Waals surface area contributed by atoms with Crippen LogP contribution in [0.4, 0.5) is 11.4 Å². The molecule has 0 aliphatic carbocycles. The summed E-state index contributed by atoms with van der Waals surface area (Å²) in [6.07, 6.45) is 0. The summed E-state index contributed by atoms with van der Waals surface area (Å²) in [7, 11) is 0. The maximum absolute atomic E-state index is 12.2. The Morgan fingerprint density at radius 3 is 1.61 bits per heavy atom. The molecule has 36 heavy (non-hydrogen) atoms. The van der Waals surface area contributed by atoms with E-state index in [1.165, 1.54) is 11.3 Å². The molecule has 0 aliphatic rings. The summed E-state index contributed by atoms with van der Waals surface area (Å²) in [6.45, 7) is 1.98. The highest BCUT2D eigenvalue weighted by molar-refractivity contribution is 7.21. The van der Waals surface area contributed by atoms with Crippen molar-refractivity contribution < 1.29 is 9.59 Å². The Bertz CT molecular complexity index is 1420. The van der Waals surface area contributed by atoms with Crippen molar-refractivity contribution in [3.63, 3.8) is 0 Å². The minimum atomic E-state index is -0.149. The number of hydrogen-bond donors (Lipinski definition) is 4. The van der Waals surface area contributed by atoms with Gasteiger partial charge in [0.25, 0.3) is 11.8 Å². The Morgan fingerprint density at radius 1 is 0.583 bits per heavy atom. The van der Waals surface area contributed by atoms with Gasteiger partial charge in [-0.1, -0.05) is 72.8 Å². The monoisotopic (exact) mass is 494 g/mol. The molecule has 7 heteroatoms. The Hall–Kier alpha value is -4.62. The number of fused-ring (bicyclic) bond motifs is 1. The number of aryl methyl sites for hydroxylation is 1. The predicted octanol–water partition coefficient (Wildman–Crippen LogP) is 6.41. The number of anilines is 2. The summed E-state index contributed by atoms with van der Waals surface area (Å²) < 4.78 is 1.13. The first-order valence-electron chi connectivity index (χ1n) is 11.4. The number of carbonyl (C=O) groups is 2. The van der Waals surface area contributed by atoms with Crippen molar-refractivity contribution in [3.05, 3.63) is 131 Å². The quantitative estimate of drug-likeness (QED) is 0.206. The van der Waals surface area contributed by atoms with Crippen LogP contribution in [0.1, 0.15) is 25.6 Å². The van der Waals surface area contributed by atoms with Gasteiger partial charge in [-0.05, 0) is 60.3 Å². The molecule has 180 valence electrons. The molecule has 1 aromatic heterocycles. The lowest BCUT2D eigenvalue weighted by atomic mass is 10.1. The van der Waals surface area contributed by atoms with E-state index in [1.54, 1.807) is 12.1 Å². The standard InChI is InChI=1S/C16H14N2OS.C13H12N2O/c1-11-13-9-5-6-10-14(13)20-15(11)16(19)18-17-12-7-3-2-4-8-12;16-13(11-7-3-1-4-8-11)15-14-12-9-5-2-6-10-12/h2-10,17H,1H3,(H,18,19);1-10,14H,(H,15,16). The predicted molar refractivity (Wildman–Crippen MR) is 148 cm³/mol. The average Bonchev–Trinajstić information content (AvgIpc) is 3.29. The molecule has 2 amide bonds. The molecule has 6 nitrogen and oxygen atoms in total. The van der Waals surface area contributed by atoms with Gasteiger partial charge in [0.15, 0.2) is 0 Å². The van der Waals surface area contributed by atoms with Gasteiger partial charge in [0.05, 0.1) is 16.3 Å². The Balaban J connectivity index is 0.000000174. The van der Waals surface area contributed by atoms with Gasteiger partial charge in [-0.25, -0.2) is 0 Å². The Kier molecular flexibility index (Phi) is 8.30. The van der Waals surface area contributed by atoms with Gasteiger partial charge in [-0.3, -0.25) is 31.3 Å². The lowest BCUT2D eigenvalue weighted by Gasteiger charge is -2.07. The lowest BCUT2D eigenvalue weighted by Crippen LogP contribution is -2.29. The highest BCUT2D eigenvalue weighted by Crippen LogP contribution is 2.30. The largest absolute Gasteiger partial charge is 0.298 e. The smallest absolute Gasteiger partial charge is 0.279 e. The molecule has 0 saturated carbocycles. The summed E-state index contributed by atoms with van der Waals surface area (Å²) in [5.74, 6) is -0.253. The van der Waals surface area contributed by atoms with Crippen LogP contribution in [0, 0.1) is 6.92 Å². The number of hydrogen-bond acceptors (Lipinski definition) is 5. The van der Waals surface area contributed by atoms with Crippen LogP contribution >= 0.6 is 11.3 Å². The number of amides is 2. The molecular weight excluding hydrogens is 468 g/mol. The van der Waals surface area contributed by atoms with Gasteiger partial charge in [0, 0.05) is 10.3 Å². The molecule has 0 fully saturated rings.